The van der Waals surface area contributed by atoms with Crippen molar-refractivity contribution in [3.05, 3.63) is 51.2 Å². The minimum absolute atomic E-state index is 0.0737. The molecule has 0 fully saturated rings. The molecule has 0 unspecified atom stereocenters. The van der Waals surface area contributed by atoms with Gasteiger partial charge >= 0.3 is 6.03 Å². The third-order valence-electron chi connectivity index (χ3n) is 3.67. The van der Waals surface area contributed by atoms with Crippen LogP contribution in [0.1, 0.15) is 34.5 Å². The Balaban J connectivity index is 1.84. The molecule has 0 bridgehead atoms. The molecule has 0 aliphatic carbocycles. The molecular weight excluding hydrogens is 322 g/mol. The van der Waals surface area contributed by atoms with Crippen molar-refractivity contribution < 1.29 is 9.59 Å². The van der Waals surface area contributed by atoms with E-state index >= 15 is 0 Å². The Morgan fingerprint density at radius 3 is 2.42 bits per heavy atom. The Morgan fingerprint density at radius 1 is 1.17 bits per heavy atom. The molecule has 24 heavy (non-hydrogen) atoms. The SMILES string of the molecule is Cc1cc(C)c(NC(=O)CNC(=O)N[C@@H](C)c2cccs2)c(C)c1. The summed E-state index contributed by atoms with van der Waals surface area (Å²) in [6.45, 7) is 7.77. The van der Waals surface area contributed by atoms with Gasteiger partial charge in [-0.25, -0.2) is 4.79 Å². The minimum Gasteiger partial charge on any atom is -0.331 e. The van der Waals surface area contributed by atoms with Crippen LogP contribution >= 0.6 is 11.3 Å². The third kappa shape index (κ3) is 4.83. The summed E-state index contributed by atoms with van der Waals surface area (Å²) in [6, 6.07) is 7.50. The number of anilines is 1. The number of nitrogens with one attached hydrogen (secondary N) is 3. The van der Waals surface area contributed by atoms with Gasteiger partial charge in [0.1, 0.15) is 0 Å². The number of hydrogen-bond acceptors (Lipinski definition) is 3. The van der Waals surface area contributed by atoms with Crippen molar-refractivity contribution in [3.63, 3.8) is 0 Å². The van der Waals surface area contributed by atoms with E-state index in [2.05, 4.69) is 16.0 Å². The first-order valence-corrected chi connectivity index (χ1v) is 8.70. The molecule has 0 aliphatic rings. The van der Waals surface area contributed by atoms with Crippen LogP contribution in [0.2, 0.25) is 0 Å². The first-order valence-electron chi connectivity index (χ1n) is 7.82. The standard InChI is InChI=1S/C18H23N3O2S/c1-11-8-12(2)17(13(3)9-11)21-16(22)10-19-18(23)20-14(4)15-6-5-7-24-15/h5-9,14H,10H2,1-4H3,(H,21,22)(H2,19,20,23)/t14-/m0/s1. The number of rotatable bonds is 5. The van der Waals surface area contributed by atoms with E-state index in [-0.39, 0.29) is 24.5 Å². The van der Waals surface area contributed by atoms with Gasteiger partial charge in [-0.15, -0.1) is 11.3 Å². The number of hydrogen-bond donors (Lipinski definition) is 3. The molecule has 6 heteroatoms. The highest BCUT2D eigenvalue weighted by atomic mass is 32.1. The number of thiophene rings is 1. The molecule has 0 radical (unpaired) electrons. The zero-order chi connectivity index (χ0) is 17.7. The van der Waals surface area contributed by atoms with Crippen molar-refractivity contribution in [2.45, 2.75) is 33.7 Å². The summed E-state index contributed by atoms with van der Waals surface area (Å²) in [6.07, 6.45) is 0. The Kier molecular flexibility index (Phi) is 5.98. The Labute approximate surface area is 146 Å². The van der Waals surface area contributed by atoms with Crippen LogP contribution in [0.5, 0.6) is 0 Å². The highest BCUT2D eigenvalue weighted by Gasteiger charge is 2.12. The lowest BCUT2D eigenvalue weighted by atomic mass is 10.1. The maximum atomic E-state index is 12.1. The smallest absolute Gasteiger partial charge is 0.315 e. The monoisotopic (exact) mass is 345 g/mol. The van der Waals surface area contributed by atoms with Crippen LogP contribution in [-0.4, -0.2) is 18.5 Å². The van der Waals surface area contributed by atoms with Crippen LogP contribution < -0.4 is 16.0 Å². The maximum Gasteiger partial charge on any atom is 0.315 e. The first kappa shape index (κ1) is 18.0. The molecule has 0 aliphatic heterocycles. The molecule has 1 aromatic carbocycles. The first-order chi connectivity index (χ1) is 11.4. The molecule has 3 N–H and O–H groups in total. The molecule has 1 atom stereocenters. The van der Waals surface area contributed by atoms with Crippen LogP contribution in [-0.2, 0) is 4.79 Å². The van der Waals surface area contributed by atoms with Gasteiger partial charge in [-0.05, 0) is 50.3 Å². The lowest BCUT2D eigenvalue weighted by Crippen LogP contribution is -2.41. The van der Waals surface area contributed by atoms with Crippen LogP contribution in [0.3, 0.4) is 0 Å². The normalized spacial score (nSPS) is 11.7. The Hall–Kier alpha value is -2.34. The number of carbonyl (C=O) groups excluding carboxylic acids is 2. The van der Waals surface area contributed by atoms with E-state index in [0.717, 1.165) is 27.3 Å². The van der Waals surface area contributed by atoms with Gasteiger partial charge in [0.2, 0.25) is 5.91 Å². The van der Waals surface area contributed by atoms with Gasteiger partial charge in [0.25, 0.3) is 0 Å². The molecule has 5 nitrogen and oxygen atoms in total. The van der Waals surface area contributed by atoms with Crippen molar-refractivity contribution in [2.75, 3.05) is 11.9 Å². The van der Waals surface area contributed by atoms with E-state index in [1.807, 2.05) is 57.3 Å². The van der Waals surface area contributed by atoms with Gasteiger partial charge in [0.15, 0.2) is 0 Å². The molecule has 0 saturated heterocycles. The Bertz CT molecular complexity index is 703. The molecule has 3 amide bonds. The fourth-order valence-electron chi connectivity index (χ4n) is 2.58. The molecule has 2 aromatic rings. The second-order valence-corrected chi connectivity index (χ2v) is 6.87. The summed E-state index contributed by atoms with van der Waals surface area (Å²) in [5, 5.41) is 10.2. The number of amides is 3. The predicted molar refractivity (Wildman–Crippen MR) is 98.6 cm³/mol. The van der Waals surface area contributed by atoms with Crippen molar-refractivity contribution in [1.82, 2.24) is 10.6 Å². The minimum atomic E-state index is -0.358. The second-order valence-electron chi connectivity index (χ2n) is 5.89. The molecular formula is C18H23N3O2S. The molecule has 1 heterocycles. The fraction of sp³-hybridized carbons (Fsp3) is 0.333. The average molecular weight is 345 g/mol. The number of carbonyl (C=O) groups is 2. The second kappa shape index (κ2) is 7.97. The van der Waals surface area contributed by atoms with Gasteiger partial charge < -0.3 is 16.0 Å². The van der Waals surface area contributed by atoms with E-state index in [0.29, 0.717) is 0 Å². The van der Waals surface area contributed by atoms with E-state index in [9.17, 15) is 9.59 Å². The quantitative estimate of drug-likeness (QED) is 0.774. The number of urea groups is 1. The lowest BCUT2D eigenvalue weighted by Gasteiger charge is -2.15. The Morgan fingerprint density at radius 2 is 1.83 bits per heavy atom. The predicted octanol–water partition coefficient (Wildman–Crippen LogP) is 3.67. The molecule has 0 spiro atoms. The average Bonchev–Trinajstić information content (AvgIpc) is 3.03. The van der Waals surface area contributed by atoms with Gasteiger partial charge in [-0.2, -0.15) is 0 Å². The van der Waals surface area contributed by atoms with Gasteiger partial charge in [-0.1, -0.05) is 23.8 Å². The third-order valence-corrected chi connectivity index (χ3v) is 4.72. The summed E-state index contributed by atoms with van der Waals surface area (Å²) >= 11 is 1.58. The van der Waals surface area contributed by atoms with Crippen LogP contribution in [0, 0.1) is 20.8 Å². The number of aryl methyl sites for hydroxylation is 3. The van der Waals surface area contributed by atoms with E-state index in [1.54, 1.807) is 11.3 Å². The van der Waals surface area contributed by atoms with Gasteiger partial charge in [-0.3, -0.25) is 4.79 Å². The summed E-state index contributed by atoms with van der Waals surface area (Å²) < 4.78 is 0. The maximum absolute atomic E-state index is 12.1. The zero-order valence-corrected chi connectivity index (χ0v) is 15.2. The largest absolute Gasteiger partial charge is 0.331 e. The zero-order valence-electron chi connectivity index (χ0n) is 14.4. The summed E-state index contributed by atoms with van der Waals surface area (Å²) in [4.78, 5) is 25.0. The van der Waals surface area contributed by atoms with Crippen LogP contribution in [0.25, 0.3) is 0 Å². The summed E-state index contributed by atoms with van der Waals surface area (Å²) in [5.41, 5.74) is 3.98. The van der Waals surface area contributed by atoms with Crippen molar-refractivity contribution in [2.24, 2.45) is 0 Å². The van der Waals surface area contributed by atoms with Gasteiger partial charge in [0.05, 0.1) is 12.6 Å². The van der Waals surface area contributed by atoms with Crippen LogP contribution in [0.4, 0.5) is 10.5 Å². The van der Waals surface area contributed by atoms with Crippen molar-refractivity contribution in [3.8, 4) is 0 Å². The highest BCUT2D eigenvalue weighted by molar-refractivity contribution is 7.10. The molecule has 2 rings (SSSR count). The molecule has 128 valence electrons. The lowest BCUT2D eigenvalue weighted by molar-refractivity contribution is -0.115. The molecule has 0 saturated carbocycles. The van der Waals surface area contributed by atoms with Gasteiger partial charge in [0, 0.05) is 10.6 Å². The van der Waals surface area contributed by atoms with E-state index < -0.39 is 0 Å². The van der Waals surface area contributed by atoms with Crippen molar-refractivity contribution in [1.29, 1.82) is 0 Å². The van der Waals surface area contributed by atoms with Crippen molar-refractivity contribution >= 4 is 29.0 Å². The van der Waals surface area contributed by atoms with E-state index in [4.69, 9.17) is 0 Å². The summed E-state index contributed by atoms with van der Waals surface area (Å²) in [7, 11) is 0. The fourth-order valence-corrected chi connectivity index (χ4v) is 3.31. The summed E-state index contributed by atoms with van der Waals surface area (Å²) in [5.74, 6) is -0.246. The topological polar surface area (TPSA) is 70.2 Å². The van der Waals surface area contributed by atoms with Crippen LogP contribution in [0.15, 0.2) is 29.6 Å². The molecule has 1 aromatic heterocycles. The number of benzene rings is 1. The van der Waals surface area contributed by atoms with E-state index in [1.165, 1.54) is 0 Å². The highest BCUT2D eigenvalue weighted by Crippen LogP contribution is 2.21.